The van der Waals surface area contributed by atoms with Crippen LogP contribution in [0.15, 0.2) is 4.99 Å². The maximum atomic E-state index is 12.9. The van der Waals surface area contributed by atoms with Crippen molar-refractivity contribution < 1.29 is 34.2 Å². The van der Waals surface area contributed by atoms with Gasteiger partial charge in [0.25, 0.3) is 0 Å². The number of nitrogens with two attached hydrogens (primary N) is 4. The Morgan fingerprint density at radius 1 is 0.882 bits per heavy atom. The molecule has 4 amide bonds. The van der Waals surface area contributed by atoms with Gasteiger partial charge in [0.1, 0.15) is 24.2 Å². The van der Waals surface area contributed by atoms with Crippen molar-refractivity contribution in [1.82, 2.24) is 16.0 Å². The lowest BCUT2D eigenvalue weighted by Gasteiger charge is -2.25. The number of rotatable bonds is 16. The molecule has 0 aromatic carbocycles. The van der Waals surface area contributed by atoms with Crippen molar-refractivity contribution in [3.63, 3.8) is 0 Å². The van der Waals surface area contributed by atoms with E-state index in [-0.39, 0.29) is 38.2 Å². The van der Waals surface area contributed by atoms with Crippen LogP contribution in [0.4, 0.5) is 0 Å². The van der Waals surface area contributed by atoms with Crippen LogP contribution in [0, 0.1) is 5.92 Å². The minimum Gasteiger partial charge on any atom is -0.480 e. The highest BCUT2D eigenvalue weighted by molar-refractivity contribution is 5.94. The van der Waals surface area contributed by atoms with Gasteiger partial charge in [-0.15, -0.1) is 0 Å². The monoisotopic (exact) mass is 488 g/mol. The highest BCUT2D eigenvalue weighted by Gasteiger charge is 2.31. The topological polar surface area (TPSA) is 278 Å². The first kappa shape index (κ1) is 30.5. The molecule has 0 spiro atoms. The van der Waals surface area contributed by atoms with Crippen molar-refractivity contribution >= 4 is 35.6 Å². The second-order valence-electron chi connectivity index (χ2n) is 7.93. The summed E-state index contributed by atoms with van der Waals surface area (Å²) in [6.45, 7) is 2.66. The van der Waals surface area contributed by atoms with Gasteiger partial charge in [0.15, 0.2) is 5.96 Å². The molecule has 0 radical (unpaired) electrons. The number of hydrogen-bond acceptors (Lipinski definition) is 8. The predicted octanol–water partition coefficient (Wildman–Crippen LogP) is -4.18. The molecule has 0 aromatic rings. The first-order valence-electron chi connectivity index (χ1n) is 10.6. The SMILES string of the molecule is CC(C)C(NC(=O)C(CCCN=C(N)N)NC(=O)C(CCC(N)=O)NC(=O)C(N)CO)C(=O)O. The molecule has 4 unspecified atom stereocenters. The van der Waals surface area contributed by atoms with Crippen LogP contribution in [0.3, 0.4) is 0 Å². The number of hydrogen-bond donors (Lipinski definition) is 9. The largest absolute Gasteiger partial charge is 0.480 e. The van der Waals surface area contributed by atoms with E-state index >= 15 is 0 Å². The molecule has 0 rings (SSSR count). The van der Waals surface area contributed by atoms with Gasteiger partial charge < -0.3 is 49.1 Å². The number of nitrogens with zero attached hydrogens (tertiary/aromatic N) is 1. The summed E-state index contributed by atoms with van der Waals surface area (Å²) in [5.74, 6) is -5.05. The highest BCUT2D eigenvalue weighted by Crippen LogP contribution is 2.07. The van der Waals surface area contributed by atoms with E-state index < -0.39 is 66.3 Å². The van der Waals surface area contributed by atoms with Gasteiger partial charge in [-0.25, -0.2) is 4.79 Å². The Labute approximate surface area is 197 Å². The number of carboxylic acid groups (broad SMARTS) is 1. The second-order valence-corrected chi connectivity index (χ2v) is 7.93. The molecule has 0 aliphatic carbocycles. The molecule has 0 aliphatic heterocycles. The van der Waals surface area contributed by atoms with E-state index in [4.69, 9.17) is 28.0 Å². The van der Waals surface area contributed by atoms with Crippen molar-refractivity contribution in [2.75, 3.05) is 13.2 Å². The first-order chi connectivity index (χ1) is 15.8. The van der Waals surface area contributed by atoms with Crippen LogP contribution in [0.2, 0.25) is 0 Å². The van der Waals surface area contributed by atoms with Crippen LogP contribution in [0.25, 0.3) is 0 Å². The van der Waals surface area contributed by atoms with Crippen LogP contribution < -0.4 is 38.9 Å². The normalized spacial score (nSPS) is 14.3. The summed E-state index contributed by atoms with van der Waals surface area (Å²) in [5.41, 5.74) is 21.1. The molecule has 15 nitrogen and oxygen atoms in total. The number of nitrogens with one attached hydrogen (secondary N) is 3. The van der Waals surface area contributed by atoms with Gasteiger partial charge in [-0.2, -0.15) is 0 Å². The molecule has 194 valence electrons. The van der Waals surface area contributed by atoms with Gasteiger partial charge in [0.05, 0.1) is 6.61 Å². The fraction of sp³-hybridized carbons (Fsp3) is 0.684. The van der Waals surface area contributed by atoms with E-state index in [1.807, 2.05) is 0 Å². The van der Waals surface area contributed by atoms with Crippen molar-refractivity contribution in [2.45, 2.75) is 63.7 Å². The van der Waals surface area contributed by atoms with Gasteiger partial charge in [-0.05, 0) is 25.2 Å². The zero-order valence-corrected chi connectivity index (χ0v) is 19.3. The molecule has 0 aromatic heterocycles. The lowest BCUT2D eigenvalue weighted by Crippen LogP contribution is -2.58. The standard InChI is InChI=1S/C19H36N8O7/c1-9(2)14(18(33)34)27-17(32)11(4-3-7-24-19(22)23)26-16(31)12(5-6-13(21)29)25-15(30)10(20)8-28/h9-12,14,28H,3-8,20H2,1-2H3,(H2,21,29)(H,25,30)(H,26,31)(H,27,32)(H,33,34)(H4,22,23,24). The van der Waals surface area contributed by atoms with Crippen molar-refractivity contribution in [3.05, 3.63) is 0 Å². The van der Waals surface area contributed by atoms with Crippen LogP contribution in [-0.4, -0.2) is 83.1 Å². The zero-order chi connectivity index (χ0) is 26.4. The fourth-order valence-corrected chi connectivity index (χ4v) is 2.73. The third kappa shape index (κ3) is 12.0. The number of carbonyl (C=O) groups is 5. The Bertz CT molecular complexity index is 755. The maximum Gasteiger partial charge on any atom is 0.326 e. The lowest BCUT2D eigenvalue weighted by molar-refractivity contribution is -0.143. The van der Waals surface area contributed by atoms with Crippen LogP contribution in [0.5, 0.6) is 0 Å². The van der Waals surface area contributed by atoms with E-state index in [9.17, 15) is 29.1 Å². The minimum atomic E-state index is -1.31. The number of amides is 4. The molecule has 15 heteroatoms. The molecular weight excluding hydrogens is 452 g/mol. The average molecular weight is 489 g/mol. The van der Waals surface area contributed by atoms with Crippen LogP contribution in [-0.2, 0) is 24.0 Å². The number of guanidine groups is 1. The Balaban J connectivity index is 5.62. The smallest absolute Gasteiger partial charge is 0.326 e. The molecule has 4 atom stereocenters. The third-order valence-electron chi connectivity index (χ3n) is 4.65. The van der Waals surface area contributed by atoms with E-state index in [0.717, 1.165) is 0 Å². The van der Waals surface area contributed by atoms with Gasteiger partial charge in [-0.1, -0.05) is 13.8 Å². The summed E-state index contributed by atoms with van der Waals surface area (Å²) in [7, 11) is 0. The summed E-state index contributed by atoms with van der Waals surface area (Å²) in [5, 5.41) is 25.5. The Kier molecular flexibility index (Phi) is 13.8. The molecule has 0 aliphatic rings. The minimum absolute atomic E-state index is 0.0332. The fourth-order valence-electron chi connectivity index (χ4n) is 2.73. The summed E-state index contributed by atoms with van der Waals surface area (Å²) >= 11 is 0. The number of primary amides is 1. The number of carbonyl (C=O) groups excluding carboxylic acids is 4. The average Bonchev–Trinajstić information content (AvgIpc) is 2.74. The number of aliphatic hydroxyl groups excluding tert-OH is 1. The quantitative estimate of drug-likeness (QED) is 0.0573. The van der Waals surface area contributed by atoms with Crippen LogP contribution >= 0.6 is 0 Å². The summed E-state index contributed by atoms with van der Waals surface area (Å²) in [4.78, 5) is 64.1. The first-order valence-corrected chi connectivity index (χ1v) is 10.6. The van der Waals surface area contributed by atoms with Gasteiger partial charge in [-0.3, -0.25) is 24.2 Å². The molecule has 0 bridgehead atoms. The number of aliphatic hydroxyl groups is 1. The maximum absolute atomic E-state index is 12.9. The zero-order valence-electron chi connectivity index (χ0n) is 19.3. The van der Waals surface area contributed by atoms with E-state index in [1.165, 1.54) is 0 Å². The van der Waals surface area contributed by atoms with Gasteiger partial charge in [0.2, 0.25) is 23.6 Å². The predicted molar refractivity (Wildman–Crippen MR) is 122 cm³/mol. The molecule has 34 heavy (non-hydrogen) atoms. The van der Waals surface area contributed by atoms with Crippen molar-refractivity contribution in [1.29, 1.82) is 0 Å². The molecule has 0 heterocycles. The Morgan fingerprint density at radius 3 is 1.88 bits per heavy atom. The number of aliphatic carboxylic acids is 1. The molecule has 13 N–H and O–H groups in total. The third-order valence-corrected chi connectivity index (χ3v) is 4.65. The molecule has 0 fully saturated rings. The molecule has 0 saturated heterocycles. The van der Waals surface area contributed by atoms with E-state index in [2.05, 4.69) is 20.9 Å². The van der Waals surface area contributed by atoms with Gasteiger partial charge in [0, 0.05) is 13.0 Å². The molecular formula is C19H36N8O7. The lowest BCUT2D eigenvalue weighted by atomic mass is 10.0. The summed E-state index contributed by atoms with van der Waals surface area (Å²) in [6.07, 6.45) is -0.172. The second kappa shape index (κ2) is 15.4. The van der Waals surface area contributed by atoms with E-state index in [0.29, 0.717) is 0 Å². The van der Waals surface area contributed by atoms with Crippen LogP contribution in [0.1, 0.15) is 39.5 Å². The van der Waals surface area contributed by atoms with Gasteiger partial charge >= 0.3 is 5.97 Å². The Morgan fingerprint density at radius 2 is 1.41 bits per heavy atom. The van der Waals surface area contributed by atoms with Crippen molar-refractivity contribution in [2.24, 2.45) is 33.8 Å². The highest BCUT2D eigenvalue weighted by atomic mass is 16.4. The van der Waals surface area contributed by atoms with Crippen molar-refractivity contribution in [3.8, 4) is 0 Å². The van der Waals surface area contributed by atoms with E-state index in [1.54, 1.807) is 13.8 Å². The molecule has 0 saturated carbocycles. The number of carboxylic acids is 1. The summed E-state index contributed by atoms with van der Waals surface area (Å²) < 4.78 is 0. The Hall–Kier alpha value is -3.46. The summed E-state index contributed by atoms with van der Waals surface area (Å²) in [6, 6.07) is -5.03. The number of aliphatic imine (C=N–C) groups is 1.